The topological polar surface area (TPSA) is 135 Å². The molecule has 186 valence electrons. The smallest absolute Gasteiger partial charge is 0.300 e. The van der Waals surface area contributed by atoms with Crippen LogP contribution in [-0.4, -0.2) is 81.2 Å². The molecule has 0 aromatic carbocycles. The number of ether oxygens (including phenoxy) is 1. The molecule has 1 atom stereocenters. The molecule has 2 aliphatic heterocycles. The van der Waals surface area contributed by atoms with Gasteiger partial charge in [-0.2, -0.15) is 10.1 Å². The van der Waals surface area contributed by atoms with Gasteiger partial charge in [0.1, 0.15) is 0 Å². The molecule has 6 heterocycles. The van der Waals surface area contributed by atoms with Crippen molar-refractivity contribution in [2.45, 2.75) is 19.4 Å². The second-order valence-corrected chi connectivity index (χ2v) is 8.92. The second kappa shape index (κ2) is 9.21. The van der Waals surface area contributed by atoms with Gasteiger partial charge in [-0.3, -0.25) is 9.78 Å². The van der Waals surface area contributed by atoms with Gasteiger partial charge in [0, 0.05) is 50.3 Å². The minimum Gasteiger partial charge on any atom is -0.422 e. The third-order valence-electron chi connectivity index (χ3n) is 6.31. The lowest BCUT2D eigenvalue weighted by molar-refractivity contribution is 0.102. The minimum absolute atomic E-state index is 0.253. The summed E-state index contributed by atoms with van der Waals surface area (Å²) in [4.78, 5) is 30.6. The molecule has 2 saturated heterocycles. The molecule has 2 fully saturated rings. The van der Waals surface area contributed by atoms with Gasteiger partial charge in [-0.15, -0.1) is 0 Å². The third kappa shape index (κ3) is 4.36. The molecule has 0 saturated carbocycles. The maximum Gasteiger partial charge on any atom is 0.300 e. The molecule has 0 bridgehead atoms. The van der Waals surface area contributed by atoms with Crippen LogP contribution in [0, 0.1) is 6.92 Å². The number of anilines is 3. The first-order valence-electron chi connectivity index (χ1n) is 11.9. The SMILES string of the molecule is Cc1cc(-n2ccc(C(=O)Nc3cc4oc(N5CCOCC5)nc4nc3N3CCC(O)C3)n2)ccn1. The number of nitrogens with one attached hydrogen (secondary N) is 1. The number of pyridine rings is 2. The Hall–Kier alpha value is -4.03. The predicted molar refractivity (Wildman–Crippen MR) is 132 cm³/mol. The molecule has 2 aliphatic rings. The van der Waals surface area contributed by atoms with Crippen LogP contribution in [0.4, 0.5) is 17.5 Å². The van der Waals surface area contributed by atoms with E-state index in [9.17, 15) is 9.90 Å². The number of nitrogens with zero attached hydrogens (tertiary/aromatic N) is 7. The Labute approximate surface area is 206 Å². The Morgan fingerprint density at radius 1 is 1.14 bits per heavy atom. The summed E-state index contributed by atoms with van der Waals surface area (Å²) in [6, 6.07) is 7.58. The number of morpholine rings is 1. The van der Waals surface area contributed by atoms with Crippen molar-refractivity contribution in [3.8, 4) is 5.69 Å². The summed E-state index contributed by atoms with van der Waals surface area (Å²) in [6.45, 7) is 5.52. The van der Waals surface area contributed by atoms with Crippen LogP contribution >= 0.6 is 0 Å². The molecule has 0 aliphatic carbocycles. The van der Waals surface area contributed by atoms with E-state index in [2.05, 4.69) is 20.4 Å². The molecule has 4 aromatic heterocycles. The molecule has 2 N–H and O–H groups in total. The van der Waals surface area contributed by atoms with Crippen LogP contribution in [0.5, 0.6) is 0 Å². The lowest BCUT2D eigenvalue weighted by Crippen LogP contribution is -2.36. The highest BCUT2D eigenvalue weighted by Gasteiger charge is 2.27. The van der Waals surface area contributed by atoms with E-state index in [1.165, 1.54) is 0 Å². The molecule has 36 heavy (non-hydrogen) atoms. The normalized spacial score (nSPS) is 18.2. The summed E-state index contributed by atoms with van der Waals surface area (Å²) in [6.07, 6.45) is 3.60. The fraction of sp³-hybridized carbons (Fsp3) is 0.375. The number of aliphatic hydroxyl groups excluding tert-OH is 1. The Morgan fingerprint density at radius 3 is 2.78 bits per heavy atom. The van der Waals surface area contributed by atoms with Gasteiger partial charge in [0.05, 0.1) is 30.7 Å². The monoisotopic (exact) mass is 490 g/mol. The standard InChI is InChI=1S/C24H26N8O4/c1-15-12-16(2-5-25-15)32-7-4-18(29-32)23(34)26-19-13-20-21(27-22(19)31-6-3-17(33)14-31)28-24(36-20)30-8-10-35-11-9-30/h2,4-5,7,12-13,17,33H,3,6,8-11,14H2,1H3,(H,26,34). The van der Waals surface area contributed by atoms with Gasteiger partial charge >= 0.3 is 0 Å². The lowest BCUT2D eigenvalue weighted by atomic mass is 10.3. The van der Waals surface area contributed by atoms with E-state index in [4.69, 9.17) is 14.1 Å². The van der Waals surface area contributed by atoms with Crippen LogP contribution in [0.3, 0.4) is 0 Å². The van der Waals surface area contributed by atoms with Crippen molar-refractivity contribution in [2.24, 2.45) is 0 Å². The first kappa shape index (κ1) is 22.4. The van der Waals surface area contributed by atoms with E-state index in [1.54, 1.807) is 29.2 Å². The van der Waals surface area contributed by atoms with Crippen LogP contribution in [-0.2, 0) is 4.74 Å². The highest BCUT2D eigenvalue weighted by atomic mass is 16.5. The molecular weight excluding hydrogens is 464 g/mol. The first-order chi connectivity index (χ1) is 17.5. The zero-order valence-electron chi connectivity index (χ0n) is 19.8. The first-order valence-corrected chi connectivity index (χ1v) is 11.9. The summed E-state index contributed by atoms with van der Waals surface area (Å²) in [7, 11) is 0. The molecule has 6 rings (SSSR count). The summed E-state index contributed by atoms with van der Waals surface area (Å²) >= 11 is 0. The summed E-state index contributed by atoms with van der Waals surface area (Å²) in [5, 5.41) is 17.5. The van der Waals surface area contributed by atoms with E-state index in [-0.39, 0.29) is 11.6 Å². The molecule has 4 aromatic rings. The second-order valence-electron chi connectivity index (χ2n) is 8.92. The molecule has 1 amide bonds. The molecule has 0 spiro atoms. The maximum absolute atomic E-state index is 13.2. The minimum atomic E-state index is -0.452. The van der Waals surface area contributed by atoms with Crippen LogP contribution < -0.4 is 15.1 Å². The zero-order chi connectivity index (χ0) is 24.6. The number of aromatic nitrogens is 5. The van der Waals surface area contributed by atoms with E-state index < -0.39 is 6.10 Å². The van der Waals surface area contributed by atoms with Gasteiger partial charge in [-0.1, -0.05) is 0 Å². The average Bonchev–Trinajstić information content (AvgIpc) is 3.63. The maximum atomic E-state index is 13.2. The van der Waals surface area contributed by atoms with Crippen molar-refractivity contribution in [1.82, 2.24) is 24.7 Å². The van der Waals surface area contributed by atoms with Crippen LogP contribution in [0.2, 0.25) is 0 Å². The number of fused-ring (bicyclic) bond motifs is 1. The van der Waals surface area contributed by atoms with Gasteiger partial charge in [-0.05, 0) is 31.5 Å². The summed E-state index contributed by atoms with van der Waals surface area (Å²) in [5.74, 6) is 0.160. The van der Waals surface area contributed by atoms with E-state index >= 15 is 0 Å². The van der Waals surface area contributed by atoms with Crippen molar-refractivity contribution in [3.63, 3.8) is 0 Å². The van der Waals surface area contributed by atoms with Crippen LogP contribution in [0.25, 0.3) is 16.9 Å². The van der Waals surface area contributed by atoms with Crippen LogP contribution in [0.15, 0.2) is 41.1 Å². The van der Waals surface area contributed by atoms with Gasteiger partial charge in [0.2, 0.25) is 5.65 Å². The number of aliphatic hydroxyl groups is 1. The number of amides is 1. The Morgan fingerprint density at radius 2 is 2.00 bits per heavy atom. The Kier molecular flexibility index (Phi) is 5.74. The zero-order valence-corrected chi connectivity index (χ0v) is 19.8. The number of hydrogen-bond acceptors (Lipinski definition) is 10. The van der Waals surface area contributed by atoms with Crippen molar-refractivity contribution >= 4 is 34.7 Å². The molecule has 0 radical (unpaired) electrons. The number of hydrogen-bond donors (Lipinski definition) is 2. The lowest BCUT2D eigenvalue weighted by Gasteiger charge is -2.24. The largest absolute Gasteiger partial charge is 0.422 e. The van der Waals surface area contributed by atoms with Gasteiger partial charge in [0.15, 0.2) is 17.1 Å². The van der Waals surface area contributed by atoms with Gasteiger partial charge in [-0.25, -0.2) is 9.67 Å². The number of carbonyl (C=O) groups excluding carboxylic acids is 1. The Balaban J connectivity index is 1.31. The van der Waals surface area contributed by atoms with E-state index in [0.29, 0.717) is 74.6 Å². The number of β-amino-alcohol motifs (C(OH)–C–C–N with tert-alkyl or cyclic N) is 1. The molecule has 12 nitrogen and oxygen atoms in total. The van der Waals surface area contributed by atoms with E-state index in [1.807, 2.05) is 28.9 Å². The van der Waals surface area contributed by atoms with E-state index in [0.717, 1.165) is 11.4 Å². The van der Waals surface area contributed by atoms with Gasteiger partial charge < -0.3 is 29.4 Å². The number of aryl methyl sites for hydroxylation is 1. The average molecular weight is 491 g/mol. The molecule has 12 heteroatoms. The quantitative estimate of drug-likeness (QED) is 0.426. The van der Waals surface area contributed by atoms with Crippen LogP contribution in [0.1, 0.15) is 22.6 Å². The molecule has 1 unspecified atom stereocenters. The number of rotatable bonds is 5. The van der Waals surface area contributed by atoms with Crippen molar-refractivity contribution < 1.29 is 19.1 Å². The fourth-order valence-electron chi connectivity index (χ4n) is 4.45. The van der Waals surface area contributed by atoms with Crippen molar-refractivity contribution in [3.05, 3.63) is 48.0 Å². The number of oxazole rings is 1. The predicted octanol–water partition coefficient (Wildman–Crippen LogP) is 1.77. The van der Waals surface area contributed by atoms with Crippen molar-refractivity contribution in [1.29, 1.82) is 0 Å². The Bertz CT molecular complexity index is 1410. The highest BCUT2D eigenvalue weighted by Crippen LogP contribution is 2.33. The van der Waals surface area contributed by atoms with Gasteiger partial charge in [0.25, 0.3) is 11.9 Å². The molecular formula is C24H26N8O4. The highest BCUT2D eigenvalue weighted by molar-refractivity contribution is 6.05. The summed E-state index contributed by atoms with van der Waals surface area (Å²) in [5.41, 5.74) is 3.31. The summed E-state index contributed by atoms with van der Waals surface area (Å²) < 4.78 is 13.0. The fourth-order valence-corrected chi connectivity index (χ4v) is 4.45. The third-order valence-corrected chi connectivity index (χ3v) is 6.31. The van der Waals surface area contributed by atoms with Crippen molar-refractivity contribution in [2.75, 3.05) is 54.5 Å². The number of carbonyl (C=O) groups is 1.